The van der Waals surface area contributed by atoms with Gasteiger partial charge in [0.25, 0.3) is 5.89 Å². The van der Waals surface area contributed by atoms with E-state index in [4.69, 9.17) is 9.26 Å². The zero-order chi connectivity index (χ0) is 15.5. The van der Waals surface area contributed by atoms with Gasteiger partial charge in [-0.3, -0.25) is 4.98 Å². The number of hydrogen-bond acceptors (Lipinski definition) is 6. The van der Waals surface area contributed by atoms with Gasteiger partial charge in [0.05, 0.1) is 13.2 Å². The van der Waals surface area contributed by atoms with Gasteiger partial charge < -0.3 is 14.2 Å². The molecule has 0 N–H and O–H groups in total. The summed E-state index contributed by atoms with van der Waals surface area (Å²) in [7, 11) is 0. The summed E-state index contributed by atoms with van der Waals surface area (Å²) in [5.41, 5.74) is 2.79. The highest BCUT2D eigenvalue weighted by molar-refractivity contribution is 5.62. The average molecular weight is 308 g/mol. The number of morpholine rings is 1. The van der Waals surface area contributed by atoms with Crippen molar-refractivity contribution in [3.05, 3.63) is 48.7 Å². The van der Waals surface area contributed by atoms with Crippen molar-refractivity contribution in [3.8, 4) is 23.0 Å². The Morgan fingerprint density at radius 1 is 0.957 bits per heavy atom. The minimum atomic E-state index is 0.429. The SMILES string of the molecule is c1ccc(-c2nc(-c3ccc(N4CCOCC4)cc3)no2)nc1. The Labute approximate surface area is 133 Å². The van der Waals surface area contributed by atoms with Gasteiger partial charge >= 0.3 is 0 Å². The lowest BCUT2D eigenvalue weighted by Gasteiger charge is -2.28. The first kappa shape index (κ1) is 13.9. The maximum absolute atomic E-state index is 5.38. The summed E-state index contributed by atoms with van der Waals surface area (Å²) < 4.78 is 10.7. The van der Waals surface area contributed by atoms with Crippen molar-refractivity contribution >= 4 is 5.69 Å². The van der Waals surface area contributed by atoms with Crippen LogP contribution in [0.15, 0.2) is 53.2 Å². The smallest absolute Gasteiger partial charge is 0.276 e. The van der Waals surface area contributed by atoms with Gasteiger partial charge in [0.15, 0.2) is 0 Å². The Hall–Kier alpha value is -2.73. The van der Waals surface area contributed by atoms with Gasteiger partial charge in [-0.15, -0.1) is 0 Å². The Balaban J connectivity index is 1.55. The lowest BCUT2D eigenvalue weighted by atomic mass is 10.2. The van der Waals surface area contributed by atoms with Crippen LogP contribution >= 0.6 is 0 Å². The zero-order valence-corrected chi connectivity index (χ0v) is 12.6. The lowest BCUT2D eigenvalue weighted by molar-refractivity contribution is 0.122. The molecule has 0 aliphatic carbocycles. The third-order valence-corrected chi connectivity index (χ3v) is 3.81. The maximum atomic E-state index is 5.38. The van der Waals surface area contributed by atoms with E-state index >= 15 is 0 Å². The van der Waals surface area contributed by atoms with Crippen LogP contribution < -0.4 is 4.90 Å². The van der Waals surface area contributed by atoms with Crippen LogP contribution in [0.2, 0.25) is 0 Å². The first-order valence-electron chi connectivity index (χ1n) is 7.58. The van der Waals surface area contributed by atoms with E-state index in [2.05, 4.69) is 32.2 Å². The molecule has 23 heavy (non-hydrogen) atoms. The number of rotatable bonds is 3. The van der Waals surface area contributed by atoms with Gasteiger partial charge in [-0.2, -0.15) is 4.98 Å². The molecule has 4 rings (SSSR count). The van der Waals surface area contributed by atoms with E-state index in [0.717, 1.165) is 31.9 Å². The number of anilines is 1. The van der Waals surface area contributed by atoms with E-state index in [0.29, 0.717) is 17.4 Å². The summed E-state index contributed by atoms with van der Waals surface area (Å²) in [6.45, 7) is 3.40. The number of hydrogen-bond donors (Lipinski definition) is 0. The number of ether oxygens (including phenoxy) is 1. The molecule has 1 saturated heterocycles. The van der Waals surface area contributed by atoms with Crippen molar-refractivity contribution in [2.75, 3.05) is 31.2 Å². The van der Waals surface area contributed by atoms with Gasteiger partial charge in [-0.1, -0.05) is 11.2 Å². The molecule has 0 bridgehead atoms. The first-order valence-corrected chi connectivity index (χ1v) is 7.58. The molecule has 6 heteroatoms. The van der Waals surface area contributed by atoms with E-state index in [1.54, 1.807) is 6.20 Å². The molecule has 0 radical (unpaired) electrons. The molecule has 0 saturated carbocycles. The molecule has 0 atom stereocenters. The molecule has 0 unspecified atom stereocenters. The zero-order valence-electron chi connectivity index (χ0n) is 12.6. The summed E-state index contributed by atoms with van der Waals surface area (Å²) in [6, 6.07) is 13.8. The molecule has 1 aliphatic heterocycles. The molecule has 1 aliphatic rings. The van der Waals surface area contributed by atoms with E-state index in [-0.39, 0.29) is 0 Å². The second-order valence-corrected chi connectivity index (χ2v) is 5.28. The summed E-state index contributed by atoms with van der Waals surface area (Å²) in [5.74, 6) is 0.997. The predicted octanol–water partition coefficient (Wildman–Crippen LogP) is 2.64. The number of nitrogens with zero attached hydrogens (tertiary/aromatic N) is 4. The van der Waals surface area contributed by atoms with Crippen molar-refractivity contribution in [3.63, 3.8) is 0 Å². The Morgan fingerprint density at radius 3 is 2.52 bits per heavy atom. The van der Waals surface area contributed by atoms with Gasteiger partial charge in [0, 0.05) is 30.5 Å². The van der Waals surface area contributed by atoms with Crippen molar-refractivity contribution in [2.24, 2.45) is 0 Å². The second kappa shape index (κ2) is 6.18. The molecule has 2 aromatic heterocycles. The Bertz CT molecular complexity index is 765. The minimum Gasteiger partial charge on any atom is -0.378 e. The summed E-state index contributed by atoms with van der Waals surface area (Å²) in [4.78, 5) is 10.9. The van der Waals surface area contributed by atoms with Gasteiger partial charge in [-0.05, 0) is 36.4 Å². The topological polar surface area (TPSA) is 64.3 Å². The molecule has 0 amide bonds. The van der Waals surface area contributed by atoms with Crippen LogP contribution in [-0.4, -0.2) is 41.4 Å². The summed E-state index contributed by atoms with van der Waals surface area (Å²) >= 11 is 0. The van der Waals surface area contributed by atoms with E-state index in [9.17, 15) is 0 Å². The van der Waals surface area contributed by atoms with Crippen molar-refractivity contribution in [1.82, 2.24) is 15.1 Å². The highest BCUT2D eigenvalue weighted by Crippen LogP contribution is 2.24. The molecular weight excluding hydrogens is 292 g/mol. The largest absolute Gasteiger partial charge is 0.378 e. The quantitative estimate of drug-likeness (QED) is 0.741. The van der Waals surface area contributed by atoms with E-state index in [1.807, 2.05) is 30.3 Å². The van der Waals surface area contributed by atoms with Gasteiger partial charge in [-0.25, -0.2) is 0 Å². The number of aromatic nitrogens is 3. The van der Waals surface area contributed by atoms with Gasteiger partial charge in [0.1, 0.15) is 5.69 Å². The highest BCUT2D eigenvalue weighted by Gasteiger charge is 2.13. The third kappa shape index (κ3) is 2.93. The molecule has 1 fully saturated rings. The molecule has 3 aromatic rings. The van der Waals surface area contributed by atoms with Crippen LogP contribution in [0, 0.1) is 0 Å². The monoisotopic (exact) mass is 308 g/mol. The molecule has 0 spiro atoms. The number of benzene rings is 1. The first-order chi connectivity index (χ1) is 11.4. The Kier molecular flexibility index (Phi) is 3.73. The summed E-state index contributed by atoms with van der Waals surface area (Å²) in [6.07, 6.45) is 1.70. The molecular formula is C17H16N4O2. The fourth-order valence-electron chi connectivity index (χ4n) is 2.58. The van der Waals surface area contributed by atoms with E-state index in [1.165, 1.54) is 5.69 Å². The van der Waals surface area contributed by atoms with Crippen molar-refractivity contribution in [2.45, 2.75) is 0 Å². The number of pyridine rings is 1. The lowest BCUT2D eigenvalue weighted by Crippen LogP contribution is -2.36. The maximum Gasteiger partial charge on any atom is 0.276 e. The third-order valence-electron chi connectivity index (χ3n) is 3.81. The van der Waals surface area contributed by atoms with Crippen LogP contribution in [-0.2, 0) is 4.74 Å². The molecule has 116 valence electrons. The highest BCUT2D eigenvalue weighted by atomic mass is 16.5. The molecule has 6 nitrogen and oxygen atoms in total. The molecule has 3 heterocycles. The average Bonchev–Trinajstić information content (AvgIpc) is 3.14. The van der Waals surface area contributed by atoms with Crippen LogP contribution in [0.1, 0.15) is 0 Å². The predicted molar refractivity (Wildman–Crippen MR) is 86.0 cm³/mol. The minimum absolute atomic E-state index is 0.429. The van der Waals surface area contributed by atoms with Crippen molar-refractivity contribution < 1.29 is 9.26 Å². The molecule has 1 aromatic carbocycles. The van der Waals surface area contributed by atoms with Crippen molar-refractivity contribution in [1.29, 1.82) is 0 Å². The van der Waals surface area contributed by atoms with Crippen LogP contribution in [0.5, 0.6) is 0 Å². The standard InChI is InChI=1S/C17H16N4O2/c1-2-8-18-15(3-1)17-19-16(20-23-17)13-4-6-14(7-5-13)21-9-11-22-12-10-21/h1-8H,9-12H2. The summed E-state index contributed by atoms with van der Waals surface area (Å²) in [5, 5.41) is 4.05. The van der Waals surface area contributed by atoms with Crippen LogP contribution in [0.4, 0.5) is 5.69 Å². The normalized spacial score (nSPS) is 14.9. The Morgan fingerprint density at radius 2 is 1.78 bits per heavy atom. The van der Waals surface area contributed by atoms with E-state index < -0.39 is 0 Å². The van der Waals surface area contributed by atoms with Crippen LogP contribution in [0.25, 0.3) is 23.0 Å². The fraction of sp³-hybridized carbons (Fsp3) is 0.235. The second-order valence-electron chi connectivity index (χ2n) is 5.28. The van der Waals surface area contributed by atoms with Crippen LogP contribution in [0.3, 0.4) is 0 Å². The van der Waals surface area contributed by atoms with Gasteiger partial charge in [0.2, 0.25) is 5.82 Å². The fourth-order valence-corrected chi connectivity index (χ4v) is 2.58.